The second-order valence-corrected chi connectivity index (χ2v) is 5.60. The van der Waals surface area contributed by atoms with Crippen LogP contribution in [0.3, 0.4) is 0 Å². The molecular formula is C11H9NO6S. The van der Waals surface area contributed by atoms with Crippen molar-refractivity contribution in [1.82, 2.24) is 0 Å². The molecule has 0 radical (unpaired) electrons. The van der Waals surface area contributed by atoms with Gasteiger partial charge in [0, 0.05) is 18.4 Å². The van der Waals surface area contributed by atoms with E-state index in [2.05, 4.69) is 0 Å². The van der Waals surface area contributed by atoms with Gasteiger partial charge in [0.05, 0.1) is 4.92 Å². The standard InChI is InChI=1S/C11H9NO6S/c1-19(17,18)11(10(14)7-13)6-8-3-2-4-9(5-8)12(15)16/h2-7H,1H3. The Balaban J connectivity index is 3.38. The Bertz CT molecular complexity index is 674. The normalized spacial score (nSPS) is 11.9. The molecule has 0 aliphatic carbocycles. The average Bonchev–Trinajstić information content (AvgIpc) is 2.34. The maximum absolute atomic E-state index is 11.4. The fourth-order valence-electron chi connectivity index (χ4n) is 1.30. The maximum atomic E-state index is 11.4. The van der Waals surface area contributed by atoms with Gasteiger partial charge in [-0.2, -0.15) is 0 Å². The Morgan fingerprint density at radius 1 is 1.37 bits per heavy atom. The first-order valence-electron chi connectivity index (χ1n) is 4.91. The minimum Gasteiger partial charge on any atom is -0.294 e. The van der Waals surface area contributed by atoms with Gasteiger partial charge in [-0.3, -0.25) is 19.7 Å². The lowest BCUT2D eigenvalue weighted by Crippen LogP contribution is -2.12. The Labute approximate surface area is 108 Å². The number of Topliss-reactive ketones (excluding diaryl/α,β-unsaturated/α-hetero) is 1. The third-order valence-corrected chi connectivity index (χ3v) is 3.25. The van der Waals surface area contributed by atoms with Gasteiger partial charge in [-0.25, -0.2) is 8.42 Å². The molecule has 0 spiro atoms. The zero-order valence-electron chi connectivity index (χ0n) is 9.77. The predicted molar refractivity (Wildman–Crippen MR) is 67.0 cm³/mol. The maximum Gasteiger partial charge on any atom is 0.270 e. The van der Waals surface area contributed by atoms with Gasteiger partial charge in [-0.1, -0.05) is 12.1 Å². The summed E-state index contributed by atoms with van der Waals surface area (Å²) in [4.78, 5) is 30.8. The van der Waals surface area contributed by atoms with Crippen LogP contribution in [0, 0.1) is 10.1 Å². The number of ketones is 1. The highest BCUT2D eigenvalue weighted by Crippen LogP contribution is 2.17. The molecule has 1 aromatic rings. The third kappa shape index (κ3) is 3.81. The highest BCUT2D eigenvalue weighted by Gasteiger charge is 2.20. The number of hydrogen-bond donors (Lipinski definition) is 0. The average molecular weight is 283 g/mol. The summed E-state index contributed by atoms with van der Waals surface area (Å²) in [5.41, 5.74) is -0.107. The quantitative estimate of drug-likeness (QED) is 0.259. The molecule has 0 aliphatic heterocycles. The van der Waals surface area contributed by atoms with Crippen LogP contribution in [0.25, 0.3) is 6.08 Å². The first-order valence-corrected chi connectivity index (χ1v) is 6.80. The van der Waals surface area contributed by atoms with Gasteiger partial charge in [0.15, 0.2) is 16.1 Å². The number of hydrogen-bond acceptors (Lipinski definition) is 6. The van der Waals surface area contributed by atoms with Crippen LogP contribution in [0.1, 0.15) is 5.56 Å². The van der Waals surface area contributed by atoms with Crippen molar-refractivity contribution >= 4 is 33.7 Å². The molecule has 0 bridgehead atoms. The SMILES string of the molecule is CS(=O)(=O)C(=Cc1cccc([N+](=O)[O-])c1)C(=O)C=O. The molecule has 0 aliphatic rings. The van der Waals surface area contributed by atoms with E-state index in [1.54, 1.807) is 0 Å². The van der Waals surface area contributed by atoms with Crippen LogP contribution in [-0.2, 0) is 19.4 Å². The van der Waals surface area contributed by atoms with Crippen LogP contribution in [-0.4, -0.2) is 31.7 Å². The lowest BCUT2D eigenvalue weighted by Gasteiger charge is -2.00. The highest BCUT2D eigenvalue weighted by molar-refractivity contribution is 7.95. The molecule has 0 saturated carbocycles. The number of non-ortho nitro benzene ring substituents is 1. The lowest BCUT2D eigenvalue weighted by molar-refractivity contribution is -0.384. The minimum absolute atomic E-state index is 0.121. The van der Waals surface area contributed by atoms with Crippen LogP contribution < -0.4 is 0 Å². The van der Waals surface area contributed by atoms with E-state index < -0.39 is 25.4 Å². The highest BCUT2D eigenvalue weighted by atomic mass is 32.2. The van der Waals surface area contributed by atoms with E-state index in [0.29, 0.717) is 0 Å². The molecule has 7 nitrogen and oxygen atoms in total. The molecule has 0 aromatic heterocycles. The molecule has 1 aromatic carbocycles. The molecule has 0 fully saturated rings. The lowest BCUT2D eigenvalue weighted by atomic mass is 10.2. The van der Waals surface area contributed by atoms with E-state index in [0.717, 1.165) is 18.4 Å². The molecular weight excluding hydrogens is 274 g/mol. The van der Waals surface area contributed by atoms with Crippen molar-refractivity contribution in [2.24, 2.45) is 0 Å². The van der Waals surface area contributed by atoms with Crippen molar-refractivity contribution in [3.05, 3.63) is 44.8 Å². The van der Waals surface area contributed by atoms with E-state index in [4.69, 9.17) is 0 Å². The largest absolute Gasteiger partial charge is 0.294 e. The van der Waals surface area contributed by atoms with Gasteiger partial charge in [0.25, 0.3) is 5.69 Å². The molecule has 1 rings (SSSR count). The second-order valence-electron chi connectivity index (χ2n) is 3.61. The first-order chi connectivity index (χ1) is 8.75. The summed E-state index contributed by atoms with van der Waals surface area (Å²) in [5, 5.41) is 10.6. The number of carbonyl (C=O) groups is 2. The zero-order chi connectivity index (χ0) is 14.6. The van der Waals surface area contributed by atoms with Crippen LogP contribution in [0.4, 0.5) is 5.69 Å². The van der Waals surface area contributed by atoms with E-state index in [1.807, 2.05) is 0 Å². The van der Waals surface area contributed by atoms with Crippen molar-refractivity contribution in [2.45, 2.75) is 0 Å². The summed E-state index contributed by atoms with van der Waals surface area (Å²) in [5.74, 6) is -1.20. The topological polar surface area (TPSA) is 111 Å². The van der Waals surface area contributed by atoms with Crippen LogP contribution >= 0.6 is 0 Å². The zero-order valence-corrected chi connectivity index (χ0v) is 10.6. The third-order valence-electron chi connectivity index (χ3n) is 2.13. The summed E-state index contributed by atoms with van der Waals surface area (Å²) in [6, 6.07) is 5.05. The Hall–Kier alpha value is -2.35. The van der Waals surface area contributed by atoms with Crippen molar-refractivity contribution in [2.75, 3.05) is 6.26 Å². The van der Waals surface area contributed by atoms with E-state index in [1.165, 1.54) is 18.2 Å². The van der Waals surface area contributed by atoms with E-state index >= 15 is 0 Å². The minimum atomic E-state index is -3.90. The molecule has 0 amide bonds. The molecule has 0 unspecified atom stereocenters. The molecule has 8 heteroatoms. The van der Waals surface area contributed by atoms with Crippen molar-refractivity contribution in [1.29, 1.82) is 0 Å². The number of allylic oxidation sites excluding steroid dienone is 1. The number of sulfone groups is 1. The summed E-state index contributed by atoms with van der Waals surface area (Å²) in [7, 11) is -3.90. The Morgan fingerprint density at radius 2 is 2.00 bits per heavy atom. The summed E-state index contributed by atoms with van der Waals surface area (Å²) in [6.07, 6.45) is 1.58. The number of nitro groups is 1. The summed E-state index contributed by atoms with van der Waals surface area (Å²) >= 11 is 0. The molecule has 0 saturated heterocycles. The van der Waals surface area contributed by atoms with E-state index in [-0.39, 0.29) is 17.5 Å². The number of nitrogens with zero attached hydrogens (tertiary/aromatic N) is 1. The van der Waals surface area contributed by atoms with Gasteiger partial charge in [-0.05, 0) is 11.6 Å². The fourth-order valence-corrected chi connectivity index (χ4v) is 2.06. The molecule has 0 N–H and O–H groups in total. The Kier molecular flexibility index (Phi) is 4.28. The Morgan fingerprint density at radius 3 is 2.47 bits per heavy atom. The summed E-state index contributed by atoms with van der Waals surface area (Å²) < 4.78 is 22.7. The van der Waals surface area contributed by atoms with Gasteiger partial charge in [0.2, 0.25) is 5.78 Å². The number of rotatable bonds is 5. The van der Waals surface area contributed by atoms with Crippen LogP contribution in [0.2, 0.25) is 0 Å². The van der Waals surface area contributed by atoms with Crippen molar-refractivity contribution < 1.29 is 22.9 Å². The first kappa shape index (κ1) is 14.7. The van der Waals surface area contributed by atoms with Gasteiger partial charge in [-0.15, -0.1) is 0 Å². The smallest absolute Gasteiger partial charge is 0.270 e. The van der Waals surface area contributed by atoms with Crippen LogP contribution in [0.5, 0.6) is 0 Å². The molecule has 0 atom stereocenters. The molecule has 19 heavy (non-hydrogen) atoms. The fraction of sp³-hybridized carbons (Fsp3) is 0.0909. The van der Waals surface area contributed by atoms with Gasteiger partial charge >= 0.3 is 0 Å². The van der Waals surface area contributed by atoms with Gasteiger partial charge < -0.3 is 0 Å². The molecule has 100 valence electrons. The van der Waals surface area contributed by atoms with Crippen LogP contribution in [0.15, 0.2) is 29.2 Å². The molecule has 0 heterocycles. The van der Waals surface area contributed by atoms with Crippen molar-refractivity contribution in [3.63, 3.8) is 0 Å². The number of nitro benzene ring substituents is 1. The van der Waals surface area contributed by atoms with Crippen molar-refractivity contribution in [3.8, 4) is 0 Å². The second kappa shape index (κ2) is 5.53. The van der Waals surface area contributed by atoms with E-state index in [9.17, 15) is 28.1 Å². The predicted octanol–water partition coefficient (Wildman–Crippen LogP) is 0.748. The monoisotopic (exact) mass is 283 g/mol. The van der Waals surface area contributed by atoms with Gasteiger partial charge in [0.1, 0.15) is 4.91 Å². The summed E-state index contributed by atoms with van der Waals surface area (Å²) in [6.45, 7) is 0. The number of carbonyl (C=O) groups excluding carboxylic acids is 2. The number of aldehydes is 1. The number of benzene rings is 1.